The molecule has 0 saturated carbocycles. The molecular formula is C36H33F3N6O3. The summed E-state index contributed by atoms with van der Waals surface area (Å²) < 4.78 is 59.6. The summed E-state index contributed by atoms with van der Waals surface area (Å²) in [4.78, 5) is 18.4. The van der Waals surface area contributed by atoms with E-state index < -0.39 is 23.3 Å². The number of aromatic hydroxyl groups is 1. The van der Waals surface area contributed by atoms with Crippen molar-refractivity contribution in [3.05, 3.63) is 47.4 Å². The molecule has 0 amide bonds. The van der Waals surface area contributed by atoms with Gasteiger partial charge in [-0.1, -0.05) is 12.0 Å². The summed E-state index contributed by atoms with van der Waals surface area (Å²) in [7, 11) is 0. The molecule has 4 aliphatic heterocycles. The summed E-state index contributed by atoms with van der Waals surface area (Å²) >= 11 is 0. The largest absolute Gasteiger partial charge is 0.508 e. The van der Waals surface area contributed by atoms with Gasteiger partial charge in [0.15, 0.2) is 17.3 Å². The van der Waals surface area contributed by atoms with Crippen LogP contribution in [0.15, 0.2) is 28.7 Å². The van der Waals surface area contributed by atoms with E-state index in [0.717, 1.165) is 32.2 Å². The number of hydrogen-bond donors (Lipinski definition) is 2. The van der Waals surface area contributed by atoms with Gasteiger partial charge in [0.1, 0.15) is 41.2 Å². The number of oxazole rings is 1. The minimum Gasteiger partial charge on any atom is -0.508 e. The number of alkyl halides is 1. The highest BCUT2D eigenvalue weighted by Crippen LogP contribution is 2.46. The van der Waals surface area contributed by atoms with Crippen LogP contribution < -0.4 is 15.0 Å². The number of phenolic OH excluding ortho intramolecular Hbond substituents is 1. The highest BCUT2D eigenvalue weighted by molar-refractivity contribution is 6.16. The number of nitrogens with zero attached hydrogens (tertiary/aromatic N) is 5. The summed E-state index contributed by atoms with van der Waals surface area (Å²) in [6, 6.07) is 5.98. The summed E-state index contributed by atoms with van der Waals surface area (Å²) in [6.07, 6.45) is 8.98. The fourth-order valence-electron chi connectivity index (χ4n) is 8.70. The Bertz CT molecular complexity index is 2190. The van der Waals surface area contributed by atoms with Crippen LogP contribution in [-0.4, -0.2) is 81.5 Å². The molecular weight excluding hydrogens is 621 g/mol. The Morgan fingerprint density at radius 3 is 2.71 bits per heavy atom. The second-order valence-electron chi connectivity index (χ2n) is 13.7. The molecule has 6 heterocycles. The number of benzene rings is 3. The van der Waals surface area contributed by atoms with Gasteiger partial charge in [0.05, 0.1) is 22.1 Å². The Kier molecular flexibility index (Phi) is 6.59. The minimum atomic E-state index is -0.934. The van der Waals surface area contributed by atoms with Gasteiger partial charge in [-0.15, -0.1) is 6.42 Å². The van der Waals surface area contributed by atoms with E-state index in [1.165, 1.54) is 24.3 Å². The predicted molar refractivity (Wildman–Crippen MR) is 175 cm³/mol. The molecule has 2 N–H and O–H groups in total. The minimum absolute atomic E-state index is 0.0246. The molecule has 2 aromatic heterocycles. The van der Waals surface area contributed by atoms with Crippen molar-refractivity contribution in [1.82, 2.24) is 25.2 Å². The highest BCUT2D eigenvalue weighted by Gasteiger charge is 2.49. The number of aromatic nitrogens is 3. The van der Waals surface area contributed by atoms with Crippen LogP contribution in [0.1, 0.15) is 43.6 Å². The standard InChI is InChI=1S/C36H33F3N6O3/c1-3-24-26(38)8-5-19-11-23(46)12-25(27(19)24)28-30(39)31-29(33-32(28)40-18(2)48-33)34(44-15-21-6-7-22(16-44)41-21)43-35(42-31)47-17-36-9-4-10-45(36)14-20(37)13-36/h1,5,8,11-12,20-22,41,46H,4,6-7,9-10,13-17H2,2H3/t20-,21-,22+,36+/m1/s1. The summed E-state index contributed by atoms with van der Waals surface area (Å²) in [6.45, 7) is 4.29. The van der Waals surface area contributed by atoms with Crippen LogP contribution in [0.3, 0.4) is 0 Å². The summed E-state index contributed by atoms with van der Waals surface area (Å²) in [5.41, 5.74) is -0.0413. The molecule has 5 aromatic rings. The van der Waals surface area contributed by atoms with Crippen LogP contribution in [-0.2, 0) is 0 Å². The fourth-order valence-corrected chi connectivity index (χ4v) is 8.70. The van der Waals surface area contributed by atoms with Gasteiger partial charge >= 0.3 is 6.01 Å². The third-order valence-electron chi connectivity index (χ3n) is 10.7. The first-order chi connectivity index (χ1) is 23.2. The average Bonchev–Trinajstić information content (AvgIpc) is 3.81. The zero-order valence-corrected chi connectivity index (χ0v) is 26.3. The van der Waals surface area contributed by atoms with Gasteiger partial charge in [-0.3, -0.25) is 4.90 Å². The quantitative estimate of drug-likeness (QED) is 0.229. The molecule has 0 radical (unpaired) electrons. The number of phenols is 1. The SMILES string of the molecule is C#Cc1c(F)ccc2cc(O)cc(-c3c(F)c4nc(OC[C@@]56CCCN5C[C@H](F)C6)nc(N5C[C@H]6CC[C@@H](C5)N6)c4c4oc(C)nc34)c12. The number of rotatable bonds is 5. The summed E-state index contributed by atoms with van der Waals surface area (Å²) in [5.74, 6) is 1.57. The molecule has 4 aliphatic rings. The van der Waals surface area contributed by atoms with Crippen molar-refractivity contribution < 1.29 is 27.4 Å². The van der Waals surface area contributed by atoms with E-state index in [4.69, 9.17) is 20.6 Å². The number of ether oxygens (including phenoxy) is 1. The van der Waals surface area contributed by atoms with E-state index in [2.05, 4.69) is 31.0 Å². The van der Waals surface area contributed by atoms with Crippen LogP contribution in [0.2, 0.25) is 0 Å². The van der Waals surface area contributed by atoms with E-state index in [1.54, 1.807) is 6.92 Å². The molecule has 0 aliphatic carbocycles. The summed E-state index contributed by atoms with van der Waals surface area (Å²) in [5, 5.41) is 15.4. The second-order valence-corrected chi connectivity index (χ2v) is 13.7. The lowest BCUT2D eigenvalue weighted by Crippen LogP contribution is -2.51. The van der Waals surface area contributed by atoms with Gasteiger partial charge in [0.25, 0.3) is 0 Å². The normalized spacial score (nSPS) is 25.4. The molecule has 48 heavy (non-hydrogen) atoms. The van der Waals surface area contributed by atoms with Gasteiger partial charge in [0, 0.05) is 50.4 Å². The Hall–Kier alpha value is -4.60. The predicted octanol–water partition coefficient (Wildman–Crippen LogP) is 5.76. The molecule has 9 nitrogen and oxygen atoms in total. The maximum absolute atomic E-state index is 17.4. The van der Waals surface area contributed by atoms with Gasteiger partial charge in [-0.2, -0.15) is 9.97 Å². The van der Waals surface area contributed by atoms with Crippen molar-refractivity contribution >= 4 is 38.6 Å². The lowest BCUT2D eigenvalue weighted by molar-refractivity contribution is 0.107. The van der Waals surface area contributed by atoms with Crippen molar-refractivity contribution in [2.75, 3.05) is 37.7 Å². The van der Waals surface area contributed by atoms with E-state index in [-0.39, 0.29) is 75.0 Å². The average molecular weight is 655 g/mol. The van der Waals surface area contributed by atoms with E-state index in [1.807, 2.05) is 0 Å². The first-order valence-corrected chi connectivity index (χ1v) is 16.5. The Labute approximate surface area is 274 Å². The van der Waals surface area contributed by atoms with Crippen LogP contribution in [0, 0.1) is 30.9 Å². The number of fused-ring (bicyclic) bond motifs is 7. The number of aryl methyl sites for hydroxylation is 1. The van der Waals surface area contributed by atoms with Gasteiger partial charge in [-0.05, 0) is 61.4 Å². The third-order valence-corrected chi connectivity index (χ3v) is 10.7. The smallest absolute Gasteiger partial charge is 0.319 e. The molecule has 3 aromatic carbocycles. The first-order valence-electron chi connectivity index (χ1n) is 16.5. The van der Waals surface area contributed by atoms with Crippen molar-refractivity contribution in [2.45, 2.75) is 62.8 Å². The van der Waals surface area contributed by atoms with Crippen LogP contribution in [0.25, 0.3) is 43.9 Å². The number of anilines is 1. The number of piperazine rings is 1. The molecule has 246 valence electrons. The zero-order chi connectivity index (χ0) is 32.9. The topological polar surface area (TPSA) is 99.8 Å². The lowest BCUT2D eigenvalue weighted by Gasteiger charge is -2.34. The first kappa shape index (κ1) is 29.5. The van der Waals surface area contributed by atoms with Gasteiger partial charge in [0.2, 0.25) is 0 Å². The Balaban J connectivity index is 1.30. The molecule has 12 heteroatoms. The highest BCUT2D eigenvalue weighted by atomic mass is 19.1. The molecule has 4 fully saturated rings. The van der Waals surface area contributed by atoms with Crippen LogP contribution in [0.4, 0.5) is 19.0 Å². The molecule has 4 atom stereocenters. The van der Waals surface area contributed by atoms with Crippen molar-refractivity contribution in [3.8, 4) is 35.2 Å². The Morgan fingerprint density at radius 2 is 1.92 bits per heavy atom. The molecule has 0 spiro atoms. The number of terminal acetylenes is 1. The maximum Gasteiger partial charge on any atom is 0.319 e. The number of halogens is 3. The van der Waals surface area contributed by atoms with Crippen molar-refractivity contribution in [2.24, 2.45) is 0 Å². The second kappa shape index (κ2) is 10.7. The van der Waals surface area contributed by atoms with E-state index in [0.29, 0.717) is 42.6 Å². The third kappa shape index (κ3) is 4.44. The van der Waals surface area contributed by atoms with Crippen LogP contribution >= 0.6 is 0 Å². The Morgan fingerprint density at radius 1 is 1.10 bits per heavy atom. The molecule has 2 bridgehead atoms. The van der Waals surface area contributed by atoms with Crippen molar-refractivity contribution in [1.29, 1.82) is 0 Å². The van der Waals surface area contributed by atoms with Crippen molar-refractivity contribution in [3.63, 3.8) is 0 Å². The van der Waals surface area contributed by atoms with Crippen LogP contribution in [0.5, 0.6) is 11.8 Å². The molecule has 9 rings (SSSR count). The molecule has 0 unspecified atom stereocenters. The fraction of sp³-hybridized carbons (Fsp3) is 0.417. The van der Waals surface area contributed by atoms with E-state index in [9.17, 15) is 9.50 Å². The molecule has 4 saturated heterocycles. The lowest BCUT2D eigenvalue weighted by atomic mass is 9.92. The van der Waals surface area contributed by atoms with Gasteiger partial charge in [-0.25, -0.2) is 18.2 Å². The number of nitrogens with one attached hydrogen (secondary N) is 1. The number of hydrogen-bond acceptors (Lipinski definition) is 9. The monoisotopic (exact) mass is 654 g/mol. The van der Waals surface area contributed by atoms with E-state index >= 15 is 8.78 Å². The zero-order valence-electron chi connectivity index (χ0n) is 26.3. The van der Waals surface area contributed by atoms with Gasteiger partial charge < -0.3 is 24.5 Å². The maximum atomic E-state index is 17.4.